The summed E-state index contributed by atoms with van der Waals surface area (Å²) in [5.74, 6) is 0. The van der Waals surface area contributed by atoms with Crippen molar-refractivity contribution in [2.75, 3.05) is 13.2 Å². The minimum atomic E-state index is -1.68. The Morgan fingerprint density at radius 2 is 1.00 bits per heavy atom. The van der Waals surface area contributed by atoms with E-state index in [1.807, 2.05) is 12.4 Å². The Bertz CT molecular complexity index is 508. The van der Waals surface area contributed by atoms with Gasteiger partial charge in [-0.25, -0.2) is 0 Å². The molecule has 0 N–H and O–H groups in total. The van der Waals surface area contributed by atoms with Crippen LogP contribution in [-0.2, 0) is 21.7 Å². The molecule has 150 valence electrons. The number of nitrogens with zero attached hydrogens (tertiary/aromatic N) is 2. The van der Waals surface area contributed by atoms with E-state index in [4.69, 9.17) is 8.85 Å². The van der Waals surface area contributed by atoms with E-state index in [0.29, 0.717) is 0 Å². The van der Waals surface area contributed by atoms with Crippen molar-refractivity contribution in [3.63, 3.8) is 0 Å². The first kappa shape index (κ1) is 23.5. The van der Waals surface area contributed by atoms with Gasteiger partial charge < -0.3 is 8.85 Å². The van der Waals surface area contributed by atoms with Gasteiger partial charge in [0.25, 0.3) is 0 Å². The van der Waals surface area contributed by atoms with Crippen LogP contribution in [0.1, 0.15) is 52.9 Å². The molecule has 0 saturated carbocycles. The van der Waals surface area contributed by atoms with Crippen molar-refractivity contribution in [1.29, 1.82) is 0 Å². The molecule has 0 spiro atoms. The maximum atomic E-state index is 6.22. The average molecular weight is 397 g/mol. The summed E-state index contributed by atoms with van der Waals surface area (Å²) in [4.78, 5) is 9.11. The van der Waals surface area contributed by atoms with Crippen LogP contribution in [-0.4, -0.2) is 39.8 Å². The average Bonchev–Trinajstić information content (AvgIpc) is 2.46. The molecule has 0 radical (unpaired) electrons. The van der Waals surface area contributed by atoms with E-state index in [2.05, 4.69) is 77.7 Å². The predicted octanol–water partition coefficient (Wildman–Crippen LogP) is 5.61. The Morgan fingerprint density at radius 3 is 1.23 bits per heavy atom. The summed E-state index contributed by atoms with van der Waals surface area (Å²) in [6.07, 6.45) is 5.41. The molecule has 26 heavy (non-hydrogen) atoms. The van der Waals surface area contributed by atoms with Crippen LogP contribution in [0.5, 0.6) is 0 Å². The number of hydrogen-bond donors (Lipinski definition) is 0. The largest absolute Gasteiger partial charge is 0.416 e. The fourth-order valence-corrected chi connectivity index (χ4v) is 3.99. The predicted molar refractivity (Wildman–Crippen MR) is 116 cm³/mol. The van der Waals surface area contributed by atoms with E-state index in [1.165, 1.54) is 0 Å². The van der Waals surface area contributed by atoms with Gasteiger partial charge in [-0.3, -0.25) is 9.97 Å². The molecule has 0 aliphatic carbocycles. The van der Waals surface area contributed by atoms with Gasteiger partial charge in [0.2, 0.25) is 0 Å². The summed E-state index contributed by atoms with van der Waals surface area (Å²) in [7, 11) is -3.36. The lowest BCUT2D eigenvalue weighted by Gasteiger charge is -2.36. The van der Waals surface area contributed by atoms with Crippen molar-refractivity contribution in [1.82, 2.24) is 9.97 Å². The minimum absolute atomic E-state index is 0.243. The molecule has 0 atom stereocenters. The highest BCUT2D eigenvalue weighted by atomic mass is 28.4. The maximum absolute atomic E-state index is 6.22. The van der Waals surface area contributed by atoms with Crippen LogP contribution in [0, 0.1) is 0 Å². The van der Waals surface area contributed by atoms with Gasteiger partial charge in [-0.15, -0.1) is 0 Å². The van der Waals surface area contributed by atoms with E-state index in [0.717, 1.165) is 37.4 Å². The Balaban J connectivity index is 2.45. The van der Waals surface area contributed by atoms with Crippen molar-refractivity contribution in [2.24, 2.45) is 0 Å². The van der Waals surface area contributed by atoms with Gasteiger partial charge in [0, 0.05) is 38.4 Å². The quantitative estimate of drug-likeness (QED) is 0.536. The first-order chi connectivity index (χ1) is 11.7. The maximum Gasteiger partial charge on any atom is 0.191 e. The van der Waals surface area contributed by atoms with Crippen LogP contribution in [0.25, 0.3) is 0 Å². The third kappa shape index (κ3) is 6.87. The molecule has 1 aromatic rings. The molecular formula is C20H40N2O2Si2. The van der Waals surface area contributed by atoms with Crippen molar-refractivity contribution in [3.8, 4) is 0 Å². The first-order valence-corrected chi connectivity index (χ1v) is 15.6. The molecule has 0 saturated heterocycles. The molecule has 0 aromatic carbocycles. The summed E-state index contributed by atoms with van der Waals surface area (Å²) >= 11 is 0. The number of hydrogen-bond acceptors (Lipinski definition) is 4. The third-order valence-electron chi connectivity index (χ3n) is 6.01. The second kappa shape index (κ2) is 8.63. The van der Waals surface area contributed by atoms with Gasteiger partial charge in [0.15, 0.2) is 16.6 Å². The monoisotopic (exact) mass is 396 g/mol. The highest BCUT2D eigenvalue weighted by Crippen LogP contribution is 2.37. The normalized spacial score (nSPS) is 13.9. The standard InChI is InChI=1S/C20H40N2O2Si2/c1-19(2,3)25(7,8)23-13-11-17-15-22-18(16-21-17)12-14-24-26(9,10)20(4,5)6/h15-16H,11-14H2,1-10H3. The van der Waals surface area contributed by atoms with Gasteiger partial charge in [-0.2, -0.15) is 0 Å². The van der Waals surface area contributed by atoms with Crippen LogP contribution >= 0.6 is 0 Å². The number of aromatic nitrogens is 2. The van der Waals surface area contributed by atoms with Crippen LogP contribution in [0.4, 0.5) is 0 Å². The van der Waals surface area contributed by atoms with Crippen LogP contribution in [0.3, 0.4) is 0 Å². The lowest BCUT2D eigenvalue weighted by atomic mass is 10.2. The van der Waals surface area contributed by atoms with E-state index in [-0.39, 0.29) is 10.1 Å². The van der Waals surface area contributed by atoms with Gasteiger partial charge >= 0.3 is 0 Å². The van der Waals surface area contributed by atoms with E-state index in [1.54, 1.807) is 0 Å². The van der Waals surface area contributed by atoms with E-state index >= 15 is 0 Å². The fraction of sp³-hybridized carbons (Fsp3) is 0.800. The third-order valence-corrected chi connectivity index (χ3v) is 15.1. The summed E-state index contributed by atoms with van der Waals surface area (Å²) in [5.41, 5.74) is 2.00. The first-order valence-electron chi connectivity index (χ1n) is 9.73. The van der Waals surface area contributed by atoms with E-state index in [9.17, 15) is 0 Å². The number of rotatable bonds is 8. The Kier molecular flexibility index (Phi) is 7.79. The zero-order chi connectivity index (χ0) is 20.2. The molecular weight excluding hydrogens is 356 g/mol. The Morgan fingerprint density at radius 1 is 0.692 bits per heavy atom. The molecule has 0 aliphatic rings. The molecule has 1 aromatic heterocycles. The van der Waals surface area contributed by atoms with Crippen molar-refractivity contribution < 1.29 is 8.85 Å². The molecule has 1 rings (SSSR count). The summed E-state index contributed by atoms with van der Waals surface area (Å²) in [6, 6.07) is 0. The summed E-state index contributed by atoms with van der Waals surface area (Å²) < 4.78 is 12.4. The molecule has 0 fully saturated rings. The molecule has 1 heterocycles. The van der Waals surface area contributed by atoms with Gasteiger partial charge in [-0.1, -0.05) is 41.5 Å². The molecule has 0 unspecified atom stereocenters. The van der Waals surface area contributed by atoms with Gasteiger partial charge in [0.1, 0.15) is 0 Å². The minimum Gasteiger partial charge on any atom is -0.416 e. The van der Waals surface area contributed by atoms with Gasteiger partial charge in [-0.05, 0) is 36.3 Å². The van der Waals surface area contributed by atoms with Crippen LogP contribution in [0.15, 0.2) is 12.4 Å². The molecule has 0 aliphatic heterocycles. The molecule has 0 bridgehead atoms. The topological polar surface area (TPSA) is 44.2 Å². The van der Waals surface area contributed by atoms with Crippen LogP contribution in [0.2, 0.25) is 36.3 Å². The second-order valence-corrected chi connectivity index (χ2v) is 19.8. The van der Waals surface area contributed by atoms with Crippen LogP contribution < -0.4 is 0 Å². The lowest BCUT2D eigenvalue weighted by molar-refractivity contribution is 0.288. The van der Waals surface area contributed by atoms with Crippen molar-refractivity contribution in [2.45, 2.75) is 90.6 Å². The highest BCUT2D eigenvalue weighted by molar-refractivity contribution is 6.74. The zero-order valence-corrected chi connectivity index (χ0v) is 20.7. The summed E-state index contributed by atoms with van der Waals surface area (Å²) in [5, 5.41) is 0.485. The van der Waals surface area contributed by atoms with Crippen molar-refractivity contribution in [3.05, 3.63) is 23.8 Å². The lowest BCUT2D eigenvalue weighted by Crippen LogP contribution is -2.41. The smallest absolute Gasteiger partial charge is 0.191 e. The second-order valence-electron chi connectivity index (χ2n) is 10.2. The molecule has 0 amide bonds. The SMILES string of the molecule is CC(C)(C)[Si](C)(C)OCCc1cnc(CCO[Si](C)(C)C(C)(C)C)cn1. The Hall–Kier alpha value is -0.566. The van der Waals surface area contributed by atoms with Crippen molar-refractivity contribution >= 4 is 16.6 Å². The molecule has 4 nitrogen and oxygen atoms in total. The Labute approximate surface area is 163 Å². The summed E-state index contributed by atoms with van der Waals surface area (Å²) in [6.45, 7) is 24.2. The van der Waals surface area contributed by atoms with E-state index < -0.39 is 16.6 Å². The highest BCUT2D eigenvalue weighted by Gasteiger charge is 2.37. The zero-order valence-electron chi connectivity index (χ0n) is 18.7. The molecule has 6 heteroatoms. The fourth-order valence-electron chi connectivity index (χ4n) is 1.89. The van der Waals surface area contributed by atoms with Gasteiger partial charge in [0.05, 0.1) is 11.4 Å².